The monoisotopic (exact) mass is 271 g/mol. The van der Waals surface area contributed by atoms with E-state index >= 15 is 0 Å². The smallest absolute Gasteiger partial charge is 0.310 e. The number of ether oxygens (including phenoxy) is 1. The van der Waals surface area contributed by atoms with Gasteiger partial charge < -0.3 is 9.64 Å². The fourth-order valence-corrected chi connectivity index (χ4v) is 2.71. The van der Waals surface area contributed by atoms with Gasteiger partial charge in [0.2, 0.25) is 0 Å². The molecular weight excluding hydrogens is 254 g/mol. The molecule has 0 aliphatic carbocycles. The molecule has 1 aliphatic rings. The first kappa shape index (κ1) is 12.8. The summed E-state index contributed by atoms with van der Waals surface area (Å²) in [4.78, 5) is 22.9. The van der Waals surface area contributed by atoms with Crippen molar-refractivity contribution >= 4 is 22.8 Å². The van der Waals surface area contributed by atoms with Crippen LogP contribution in [0.25, 0.3) is 11.0 Å². The zero-order valence-corrected chi connectivity index (χ0v) is 11.6. The van der Waals surface area contributed by atoms with Crippen molar-refractivity contribution in [3.8, 4) is 0 Å². The first-order chi connectivity index (χ1) is 9.69. The number of benzene rings is 1. The van der Waals surface area contributed by atoms with Crippen LogP contribution in [0.4, 0.5) is 5.82 Å². The molecule has 20 heavy (non-hydrogen) atoms. The van der Waals surface area contributed by atoms with E-state index in [1.807, 2.05) is 24.3 Å². The van der Waals surface area contributed by atoms with Gasteiger partial charge in [0.25, 0.3) is 0 Å². The minimum atomic E-state index is -0.145. The van der Waals surface area contributed by atoms with Gasteiger partial charge in [-0.1, -0.05) is 19.1 Å². The molecule has 2 unspecified atom stereocenters. The van der Waals surface area contributed by atoms with Crippen LogP contribution in [0.1, 0.15) is 6.92 Å². The van der Waals surface area contributed by atoms with Crippen LogP contribution in [0.5, 0.6) is 0 Å². The zero-order valence-electron chi connectivity index (χ0n) is 11.6. The molecule has 1 aromatic heterocycles. The number of rotatable bonds is 2. The van der Waals surface area contributed by atoms with E-state index in [2.05, 4.69) is 21.8 Å². The number of fused-ring (bicyclic) bond motifs is 1. The van der Waals surface area contributed by atoms with Gasteiger partial charge in [0.1, 0.15) is 5.82 Å². The highest BCUT2D eigenvalue weighted by Crippen LogP contribution is 2.28. The number of carbonyl (C=O) groups excluding carboxylic acids is 1. The molecule has 2 atom stereocenters. The Morgan fingerprint density at radius 2 is 2.05 bits per heavy atom. The van der Waals surface area contributed by atoms with E-state index in [0.29, 0.717) is 6.54 Å². The number of carbonyl (C=O) groups is 1. The molecule has 104 valence electrons. The van der Waals surface area contributed by atoms with E-state index in [9.17, 15) is 4.79 Å². The molecular formula is C15H17N3O2. The van der Waals surface area contributed by atoms with Crippen molar-refractivity contribution in [3.63, 3.8) is 0 Å². The van der Waals surface area contributed by atoms with Crippen molar-refractivity contribution in [2.45, 2.75) is 6.92 Å². The summed E-state index contributed by atoms with van der Waals surface area (Å²) in [6.07, 6.45) is 1.77. The number of methoxy groups -OCH3 is 1. The number of para-hydroxylation sites is 2. The van der Waals surface area contributed by atoms with E-state index in [-0.39, 0.29) is 17.8 Å². The number of esters is 1. The van der Waals surface area contributed by atoms with Crippen molar-refractivity contribution in [2.24, 2.45) is 11.8 Å². The summed E-state index contributed by atoms with van der Waals surface area (Å²) in [5.74, 6) is 0.847. The Bertz CT molecular complexity index is 644. The van der Waals surface area contributed by atoms with Crippen molar-refractivity contribution < 1.29 is 9.53 Å². The van der Waals surface area contributed by atoms with Gasteiger partial charge in [-0.05, 0) is 18.1 Å². The van der Waals surface area contributed by atoms with Crippen LogP contribution < -0.4 is 4.90 Å². The maximum Gasteiger partial charge on any atom is 0.310 e. The quantitative estimate of drug-likeness (QED) is 0.781. The molecule has 1 aliphatic heterocycles. The Morgan fingerprint density at radius 1 is 1.30 bits per heavy atom. The second kappa shape index (κ2) is 5.07. The lowest BCUT2D eigenvalue weighted by molar-refractivity contribution is -0.145. The molecule has 1 aromatic carbocycles. The maximum atomic E-state index is 11.7. The Labute approximate surface area is 117 Å². The van der Waals surface area contributed by atoms with Gasteiger partial charge in [-0.2, -0.15) is 0 Å². The molecule has 1 saturated heterocycles. The largest absolute Gasteiger partial charge is 0.469 e. The molecule has 0 amide bonds. The number of anilines is 1. The third-order valence-electron chi connectivity index (χ3n) is 3.88. The van der Waals surface area contributed by atoms with Crippen LogP contribution >= 0.6 is 0 Å². The predicted octanol–water partition coefficient (Wildman–Crippen LogP) is 1.88. The average molecular weight is 271 g/mol. The molecule has 0 bridgehead atoms. The molecule has 0 N–H and O–H groups in total. The molecule has 1 fully saturated rings. The molecule has 0 saturated carbocycles. The van der Waals surface area contributed by atoms with Gasteiger partial charge in [-0.3, -0.25) is 9.78 Å². The SMILES string of the molecule is COC(=O)C1CN(c2cnc3ccccc3n2)CC1C. The van der Waals surface area contributed by atoms with Crippen LogP contribution in [-0.4, -0.2) is 36.1 Å². The summed E-state index contributed by atoms with van der Waals surface area (Å²) in [6, 6.07) is 7.78. The van der Waals surface area contributed by atoms with Crippen molar-refractivity contribution in [1.82, 2.24) is 9.97 Å². The Morgan fingerprint density at radius 3 is 2.80 bits per heavy atom. The van der Waals surface area contributed by atoms with Crippen LogP contribution in [0.3, 0.4) is 0 Å². The van der Waals surface area contributed by atoms with E-state index in [1.165, 1.54) is 7.11 Å². The lowest BCUT2D eigenvalue weighted by atomic mass is 9.99. The minimum absolute atomic E-state index is 0.0896. The third kappa shape index (κ3) is 2.19. The first-order valence-corrected chi connectivity index (χ1v) is 6.73. The normalized spacial score (nSPS) is 22.2. The number of hydrogen-bond acceptors (Lipinski definition) is 5. The van der Waals surface area contributed by atoms with Crippen molar-refractivity contribution in [3.05, 3.63) is 30.5 Å². The minimum Gasteiger partial charge on any atom is -0.469 e. The second-order valence-corrected chi connectivity index (χ2v) is 5.23. The Kier molecular flexibility index (Phi) is 3.26. The standard InChI is InChI=1S/C15H17N3O2/c1-10-8-18(9-11(10)15(19)20-2)14-7-16-12-5-3-4-6-13(12)17-14/h3-7,10-11H,8-9H2,1-2H3. The third-order valence-corrected chi connectivity index (χ3v) is 3.88. The van der Waals surface area contributed by atoms with Gasteiger partial charge in [0.15, 0.2) is 0 Å². The van der Waals surface area contributed by atoms with Crippen LogP contribution in [0.15, 0.2) is 30.5 Å². The van der Waals surface area contributed by atoms with Crippen LogP contribution in [-0.2, 0) is 9.53 Å². The molecule has 2 aromatic rings. The topological polar surface area (TPSA) is 55.3 Å². The van der Waals surface area contributed by atoms with Gasteiger partial charge in [-0.15, -0.1) is 0 Å². The zero-order chi connectivity index (χ0) is 14.1. The van der Waals surface area contributed by atoms with E-state index < -0.39 is 0 Å². The highest BCUT2D eigenvalue weighted by Gasteiger charge is 2.36. The summed E-state index contributed by atoms with van der Waals surface area (Å²) < 4.78 is 4.86. The van der Waals surface area contributed by atoms with E-state index in [0.717, 1.165) is 23.4 Å². The highest BCUT2D eigenvalue weighted by molar-refractivity contribution is 5.76. The number of nitrogens with zero attached hydrogens (tertiary/aromatic N) is 3. The predicted molar refractivity (Wildman–Crippen MR) is 76.4 cm³/mol. The fourth-order valence-electron chi connectivity index (χ4n) is 2.71. The second-order valence-electron chi connectivity index (χ2n) is 5.23. The van der Waals surface area contributed by atoms with E-state index in [4.69, 9.17) is 4.74 Å². The van der Waals surface area contributed by atoms with Crippen LogP contribution in [0, 0.1) is 11.8 Å². The summed E-state index contributed by atoms with van der Waals surface area (Å²) in [7, 11) is 1.44. The molecule has 5 heteroatoms. The highest BCUT2D eigenvalue weighted by atomic mass is 16.5. The Hall–Kier alpha value is -2.17. The van der Waals surface area contributed by atoms with Crippen LogP contribution in [0.2, 0.25) is 0 Å². The average Bonchev–Trinajstić information content (AvgIpc) is 2.88. The van der Waals surface area contributed by atoms with Gasteiger partial charge >= 0.3 is 5.97 Å². The molecule has 5 nitrogen and oxygen atoms in total. The molecule has 3 rings (SSSR count). The Balaban J connectivity index is 1.87. The number of aromatic nitrogens is 2. The first-order valence-electron chi connectivity index (χ1n) is 6.73. The lowest BCUT2D eigenvalue weighted by Gasteiger charge is -2.16. The molecule has 0 radical (unpaired) electrons. The van der Waals surface area contributed by atoms with Gasteiger partial charge in [-0.25, -0.2) is 4.98 Å². The van der Waals surface area contributed by atoms with Crippen molar-refractivity contribution in [2.75, 3.05) is 25.1 Å². The van der Waals surface area contributed by atoms with Gasteiger partial charge in [0, 0.05) is 13.1 Å². The fraction of sp³-hybridized carbons (Fsp3) is 0.400. The summed E-state index contributed by atoms with van der Waals surface area (Å²) in [5.41, 5.74) is 1.76. The van der Waals surface area contributed by atoms with E-state index in [1.54, 1.807) is 6.20 Å². The van der Waals surface area contributed by atoms with Crippen molar-refractivity contribution in [1.29, 1.82) is 0 Å². The van der Waals surface area contributed by atoms with Gasteiger partial charge in [0.05, 0.1) is 30.3 Å². The number of hydrogen-bond donors (Lipinski definition) is 0. The summed E-state index contributed by atoms with van der Waals surface area (Å²) >= 11 is 0. The molecule has 2 heterocycles. The molecule has 0 spiro atoms. The lowest BCUT2D eigenvalue weighted by Crippen LogP contribution is -2.24. The summed E-state index contributed by atoms with van der Waals surface area (Å²) in [6.45, 7) is 3.50. The maximum absolute atomic E-state index is 11.7. The summed E-state index contributed by atoms with van der Waals surface area (Å²) in [5, 5.41) is 0.